The van der Waals surface area contributed by atoms with Gasteiger partial charge in [-0.1, -0.05) is 80.0 Å². The van der Waals surface area contributed by atoms with E-state index in [1.54, 1.807) is 30.5 Å². The number of piperazine rings is 1. The first-order chi connectivity index (χ1) is 26.5. The lowest BCUT2D eigenvalue weighted by Gasteiger charge is -2.34. The molecular weight excluding hydrogens is 736 g/mol. The van der Waals surface area contributed by atoms with E-state index in [-0.39, 0.29) is 24.0 Å². The summed E-state index contributed by atoms with van der Waals surface area (Å²) < 4.78 is 39.9. The van der Waals surface area contributed by atoms with Crippen molar-refractivity contribution in [3.8, 4) is 11.1 Å². The molecule has 0 bridgehead atoms. The predicted octanol–water partition coefficient (Wildman–Crippen LogP) is 6.59. The van der Waals surface area contributed by atoms with Gasteiger partial charge >= 0.3 is 5.97 Å². The van der Waals surface area contributed by atoms with Gasteiger partial charge in [0.25, 0.3) is 0 Å². The van der Waals surface area contributed by atoms with Gasteiger partial charge in [-0.15, -0.1) is 0 Å². The minimum absolute atomic E-state index is 0.0510. The van der Waals surface area contributed by atoms with Gasteiger partial charge < -0.3 is 14.5 Å². The number of aryl methyl sites for hydroxylation is 1. The number of carbonyl (C=O) groups excluding carboxylic acids is 1. The molecule has 2 aromatic heterocycles. The fraction of sp³-hybridized carbons (Fsp3) is 0.405. The zero-order valence-electron chi connectivity index (χ0n) is 32.1. The number of ether oxygens (including phenoxy) is 2. The highest BCUT2D eigenvalue weighted by atomic mass is 35.5. The average Bonchev–Trinajstić information content (AvgIpc) is 3.57. The zero-order valence-corrected chi connectivity index (χ0v) is 33.7. The summed E-state index contributed by atoms with van der Waals surface area (Å²) in [7, 11) is -2.54. The number of esters is 1. The largest absolute Gasteiger partial charge is 0.462 e. The Labute approximate surface area is 329 Å². The monoisotopic (exact) mass is 786 g/mol. The van der Waals surface area contributed by atoms with Crippen LogP contribution in [0.5, 0.6) is 0 Å². The number of H-pyrrole nitrogens is 1. The second-order valence-corrected chi connectivity index (χ2v) is 16.9. The summed E-state index contributed by atoms with van der Waals surface area (Å²) >= 11 is 6.37. The lowest BCUT2D eigenvalue weighted by Crippen LogP contribution is -2.46. The SMILES string of the molecule is Cc1nc2c(Cc3ccc(S(=O)(=O)N(C)[C@@H](CC(C)C)C(=O)OCCOCCN4CCN(Cc5ccc(-c6ccccc6Cl)cc5)CC4)cc3)nccc2[nH]1. The Bertz CT molecular complexity index is 2130. The second kappa shape index (κ2) is 18.6. The van der Waals surface area contributed by atoms with Crippen LogP contribution in [0.1, 0.15) is 42.9 Å². The van der Waals surface area contributed by atoms with Crippen LogP contribution in [0.4, 0.5) is 0 Å². The quantitative estimate of drug-likeness (QED) is 0.0823. The molecule has 292 valence electrons. The normalized spacial score (nSPS) is 14.9. The summed E-state index contributed by atoms with van der Waals surface area (Å²) in [5.74, 6) is 0.291. The number of fused-ring (bicyclic) bond motifs is 1. The number of likely N-dealkylation sites (N-methyl/N-ethyl adjacent to an activating group) is 1. The highest BCUT2D eigenvalue weighted by Gasteiger charge is 2.34. The molecule has 3 aromatic carbocycles. The molecule has 1 saturated heterocycles. The summed E-state index contributed by atoms with van der Waals surface area (Å²) in [6, 6.07) is 24.1. The van der Waals surface area contributed by atoms with Crippen molar-refractivity contribution in [2.24, 2.45) is 5.92 Å². The summed E-state index contributed by atoms with van der Waals surface area (Å²) in [6.45, 7) is 12.2. The van der Waals surface area contributed by atoms with E-state index in [1.165, 1.54) is 12.6 Å². The number of aromatic nitrogens is 3. The molecule has 1 N–H and O–H groups in total. The van der Waals surface area contributed by atoms with Crippen molar-refractivity contribution in [3.05, 3.63) is 113 Å². The molecular formula is C42H51ClN6O5S. The van der Waals surface area contributed by atoms with E-state index < -0.39 is 22.0 Å². The predicted molar refractivity (Wildman–Crippen MR) is 216 cm³/mol. The zero-order chi connectivity index (χ0) is 39.0. The molecule has 1 aliphatic heterocycles. The number of carbonyl (C=O) groups is 1. The number of benzene rings is 3. The van der Waals surface area contributed by atoms with Crippen molar-refractivity contribution in [1.29, 1.82) is 0 Å². The minimum Gasteiger partial charge on any atom is -0.462 e. The molecule has 0 spiro atoms. The minimum atomic E-state index is -3.98. The molecule has 55 heavy (non-hydrogen) atoms. The smallest absolute Gasteiger partial charge is 0.324 e. The Balaban J connectivity index is 0.915. The maximum Gasteiger partial charge on any atom is 0.324 e. The van der Waals surface area contributed by atoms with Gasteiger partial charge in [0.2, 0.25) is 10.0 Å². The van der Waals surface area contributed by atoms with Gasteiger partial charge in [-0.25, -0.2) is 13.4 Å². The van der Waals surface area contributed by atoms with Crippen LogP contribution in [0.3, 0.4) is 0 Å². The molecule has 1 fully saturated rings. The van der Waals surface area contributed by atoms with Crippen LogP contribution in [-0.2, 0) is 37.3 Å². The third-order valence-electron chi connectivity index (χ3n) is 10.0. The first-order valence-corrected chi connectivity index (χ1v) is 20.7. The lowest BCUT2D eigenvalue weighted by molar-refractivity contribution is -0.150. The van der Waals surface area contributed by atoms with Crippen molar-refractivity contribution in [2.45, 2.75) is 51.1 Å². The van der Waals surface area contributed by atoms with Gasteiger partial charge in [-0.3, -0.25) is 19.6 Å². The van der Waals surface area contributed by atoms with Crippen LogP contribution in [0.2, 0.25) is 5.02 Å². The molecule has 11 nitrogen and oxygen atoms in total. The van der Waals surface area contributed by atoms with Crippen molar-refractivity contribution in [1.82, 2.24) is 29.1 Å². The van der Waals surface area contributed by atoms with Gasteiger partial charge in [-0.05, 0) is 60.2 Å². The van der Waals surface area contributed by atoms with Crippen molar-refractivity contribution in [3.63, 3.8) is 0 Å². The van der Waals surface area contributed by atoms with Crippen molar-refractivity contribution in [2.75, 3.05) is 59.6 Å². The molecule has 6 rings (SSSR count). The van der Waals surface area contributed by atoms with Crippen molar-refractivity contribution >= 4 is 38.6 Å². The molecule has 0 unspecified atom stereocenters. The molecule has 13 heteroatoms. The summed E-state index contributed by atoms with van der Waals surface area (Å²) in [4.78, 5) is 30.5. The average molecular weight is 787 g/mol. The van der Waals surface area contributed by atoms with Crippen LogP contribution >= 0.6 is 11.6 Å². The highest BCUT2D eigenvalue weighted by molar-refractivity contribution is 7.89. The van der Waals surface area contributed by atoms with Crippen LogP contribution in [0.15, 0.2) is 90.0 Å². The van der Waals surface area contributed by atoms with Gasteiger partial charge in [0.15, 0.2) is 0 Å². The maximum absolute atomic E-state index is 13.7. The number of sulfonamides is 1. The molecule has 1 atom stereocenters. The third-order valence-corrected chi connectivity index (χ3v) is 12.2. The molecule has 0 amide bonds. The van der Waals surface area contributed by atoms with Crippen LogP contribution in [-0.4, -0.2) is 109 Å². The number of nitrogens with one attached hydrogen (secondary N) is 1. The number of hydrogen-bond donors (Lipinski definition) is 1. The third kappa shape index (κ3) is 10.6. The number of hydrogen-bond acceptors (Lipinski definition) is 9. The number of aromatic amines is 1. The Morgan fingerprint density at radius 3 is 2.31 bits per heavy atom. The van der Waals surface area contributed by atoms with Gasteiger partial charge in [-0.2, -0.15) is 4.31 Å². The molecule has 5 aromatic rings. The number of pyridine rings is 1. The van der Waals surface area contributed by atoms with Crippen LogP contribution in [0, 0.1) is 12.8 Å². The van der Waals surface area contributed by atoms with Crippen LogP contribution < -0.4 is 0 Å². The van der Waals surface area contributed by atoms with E-state index in [9.17, 15) is 13.2 Å². The molecule has 0 saturated carbocycles. The van der Waals surface area contributed by atoms with E-state index in [1.807, 2.05) is 51.1 Å². The first-order valence-electron chi connectivity index (χ1n) is 18.9. The Morgan fingerprint density at radius 1 is 0.909 bits per heavy atom. The summed E-state index contributed by atoms with van der Waals surface area (Å²) in [5.41, 5.74) is 6.85. The Morgan fingerprint density at radius 2 is 1.60 bits per heavy atom. The maximum atomic E-state index is 13.7. The number of imidazole rings is 1. The lowest BCUT2D eigenvalue weighted by atomic mass is 10.0. The van der Waals surface area contributed by atoms with Gasteiger partial charge in [0.1, 0.15) is 24.0 Å². The van der Waals surface area contributed by atoms with E-state index in [4.69, 9.17) is 21.1 Å². The standard InChI is InChI=1S/C42H51ClN6O5S/c1-30(2)27-40(47(4)55(51,52)35-15-11-32(12-16-35)28-39-41-38(17-18-44-39)45-31(3)46-41)42(50)54-26-25-53-24-23-48-19-21-49(22-20-48)29-33-9-13-34(14-10-33)36-7-5-6-8-37(36)43/h5-18,30,40H,19-29H2,1-4H3,(H,45,46)/t40-/m0/s1. The fourth-order valence-corrected chi connectivity index (χ4v) is 8.46. The summed E-state index contributed by atoms with van der Waals surface area (Å²) in [6.07, 6.45) is 2.56. The van der Waals surface area contributed by atoms with E-state index in [0.717, 1.165) is 87.8 Å². The summed E-state index contributed by atoms with van der Waals surface area (Å²) in [5, 5.41) is 0.756. The molecule has 0 radical (unpaired) electrons. The number of rotatable bonds is 17. The number of nitrogens with zero attached hydrogens (tertiary/aromatic N) is 5. The topological polar surface area (TPSA) is 121 Å². The molecule has 3 heterocycles. The van der Waals surface area contributed by atoms with E-state index in [0.29, 0.717) is 19.4 Å². The molecule has 0 aliphatic carbocycles. The van der Waals surface area contributed by atoms with E-state index in [2.05, 4.69) is 49.0 Å². The Kier molecular flexibility index (Phi) is 13.7. The van der Waals surface area contributed by atoms with Gasteiger partial charge in [0, 0.05) is 69.5 Å². The fourth-order valence-electron chi connectivity index (χ4n) is 6.90. The van der Waals surface area contributed by atoms with Gasteiger partial charge in [0.05, 0.1) is 29.3 Å². The molecule has 1 aliphatic rings. The van der Waals surface area contributed by atoms with Crippen LogP contribution in [0.25, 0.3) is 22.2 Å². The number of halogens is 1. The Hall–Kier alpha value is -4.17. The first kappa shape index (κ1) is 40.5. The second-order valence-electron chi connectivity index (χ2n) is 14.5. The van der Waals surface area contributed by atoms with Crippen molar-refractivity contribution < 1.29 is 22.7 Å². The van der Waals surface area contributed by atoms with E-state index >= 15 is 0 Å². The highest BCUT2D eigenvalue weighted by Crippen LogP contribution is 2.28.